The number of hydrogen-bond donors (Lipinski definition) is 1. The number of halogens is 1. The van der Waals surface area contributed by atoms with Gasteiger partial charge < -0.3 is 14.9 Å². The Bertz CT molecular complexity index is 484. The second kappa shape index (κ2) is 5.89. The molecule has 0 spiro atoms. The molecule has 4 nitrogen and oxygen atoms in total. The van der Waals surface area contributed by atoms with Gasteiger partial charge in [-0.15, -0.1) is 0 Å². The first-order valence-electron chi connectivity index (χ1n) is 6.78. The molecule has 1 aromatic carbocycles. The maximum Gasteiger partial charge on any atom is 0.254 e. The minimum Gasteiger partial charge on any atom is -0.391 e. The van der Waals surface area contributed by atoms with Gasteiger partial charge in [0.05, 0.1) is 6.10 Å². The third-order valence-electron chi connectivity index (χ3n) is 3.52. The Hall–Kier alpha value is -1.46. The smallest absolute Gasteiger partial charge is 0.254 e. The number of carbonyl (C=O) groups excluding carboxylic acids is 1. The van der Waals surface area contributed by atoms with Crippen LogP contribution >= 0.6 is 0 Å². The third kappa shape index (κ3) is 3.35. The zero-order valence-electron chi connectivity index (χ0n) is 12.1. The number of benzene rings is 1. The van der Waals surface area contributed by atoms with E-state index in [0.717, 1.165) is 5.56 Å². The summed E-state index contributed by atoms with van der Waals surface area (Å²) in [5.41, 5.74) is 1.07. The molecule has 1 aliphatic rings. The molecule has 1 fully saturated rings. The van der Waals surface area contributed by atoms with Gasteiger partial charge in [0, 0.05) is 24.7 Å². The Kier molecular flexibility index (Phi) is 4.40. The summed E-state index contributed by atoms with van der Waals surface area (Å²) in [6.45, 7) is 2.76. The molecule has 1 heterocycles. The second-order valence-electron chi connectivity index (χ2n) is 5.78. The highest BCUT2D eigenvalue weighted by atomic mass is 19.1. The molecule has 1 aromatic rings. The van der Waals surface area contributed by atoms with Crippen molar-refractivity contribution >= 4 is 5.91 Å². The highest BCUT2D eigenvalue weighted by Crippen LogP contribution is 2.22. The molecule has 5 heteroatoms. The van der Waals surface area contributed by atoms with Crippen LogP contribution in [0.4, 0.5) is 4.39 Å². The van der Waals surface area contributed by atoms with Crippen molar-refractivity contribution in [2.75, 3.05) is 27.2 Å². The summed E-state index contributed by atoms with van der Waals surface area (Å²) >= 11 is 0. The SMILES string of the molecule is Cc1cc(F)cc(C(=O)N2CC(O)CC2CN(C)C)c1. The standard InChI is InChI=1S/C15H21FN2O2/c1-10-4-11(6-12(16)5-10)15(20)18-9-14(19)7-13(18)8-17(2)3/h4-6,13-14,19H,7-9H2,1-3H3. The number of aliphatic hydroxyl groups is 1. The maximum atomic E-state index is 13.4. The van der Waals surface area contributed by atoms with Gasteiger partial charge in [0.25, 0.3) is 5.91 Å². The van der Waals surface area contributed by atoms with Crippen molar-refractivity contribution in [3.8, 4) is 0 Å². The van der Waals surface area contributed by atoms with E-state index in [4.69, 9.17) is 0 Å². The van der Waals surface area contributed by atoms with Crippen LogP contribution in [-0.2, 0) is 0 Å². The molecule has 2 unspecified atom stereocenters. The molecule has 0 saturated carbocycles. The zero-order chi connectivity index (χ0) is 14.9. The van der Waals surface area contributed by atoms with Crippen molar-refractivity contribution in [1.29, 1.82) is 0 Å². The van der Waals surface area contributed by atoms with Gasteiger partial charge in [0.15, 0.2) is 0 Å². The number of likely N-dealkylation sites (N-methyl/N-ethyl adjacent to an activating group) is 1. The predicted molar refractivity (Wildman–Crippen MR) is 75.1 cm³/mol. The van der Waals surface area contributed by atoms with Crippen molar-refractivity contribution in [3.05, 3.63) is 35.1 Å². The van der Waals surface area contributed by atoms with Crippen LogP contribution in [0.2, 0.25) is 0 Å². The van der Waals surface area contributed by atoms with Crippen LogP contribution in [0.3, 0.4) is 0 Å². The molecule has 1 saturated heterocycles. The summed E-state index contributed by atoms with van der Waals surface area (Å²) in [4.78, 5) is 16.2. The number of hydrogen-bond acceptors (Lipinski definition) is 3. The quantitative estimate of drug-likeness (QED) is 0.907. The van der Waals surface area contributed by atoms with Gasteiger partial charge in [-0.3, -0.25) is 4.79 Å². The molecule has 1 amide bonds. The average Bonchev–Trinajstić information content (AvgIpc) is 2.67. The monoisotopic (exact) mass is 280 g/mol. The molecule has 1 aliphatic heterocycles. The minimum absolute atomic E-state index is 0.0314. The van der Waals surface area contributed by atoms with Gasteiger partial charge in [-0.2, -0.15) is 0 Å². The first-order chi connectivity index (χ1) is 9.36. The van der Waals surface area contributed by atoms with Crippen molar-refractivity contribution in [2.45, 2.75) is 25.5 Å². The van der Waals surface area contributed by atoms with Crippen LogP contribution in [0.5, 0.6) is 0 Å². The van der Waals surface area contributed by atoms with E-state index in [1.807, 2.05) is 19.0 Å². The van der Waals surface area contributed by atoms with Crippen LogP contribution in [-0.4, -0.2) is 60.1 Å². The summed E-state index contributed by atoms with van der Waals surface area (Å²) in [6.07, 6.45) is 0.0663. The summed E-state index contributed by atoms with van der Waals surface area (Å²) in [6, 6.07) is 4.30. The van der Waals surface area contributed by atoms with E-state index < -0.39 is 11.9 Å². The Morgan fingerprint density at radius 2 is 2.15 bits per heavy atom. The van der Waals surface area contributed by atoms with Gasteiger partial charge in [0.2, 0.25) is 0 Å². The average molecular weight is 280 g/mol. The van der Waals surface area contributed by atoms with E-state index in [2.05, 4.69) is 0 Å². The normalized spacial score (nSPS) is 22.6. The predicted octanol–water partition coefficient (Wildman–Crippen LogP) is 1.27. The minimum atomic E-state index is -0.501. The van der Waals surface area contributed by atoms with E-state index >= 15 is 0 Å². The molecule has 110 valence electrons. The number of aryl methyl sites for hydroxylation is 1. The Morgan fingerprint density at radius 3 is 2.75 bits per heavy atom. The lowest BCUT2D eigenvalue weighted by atomic mass is 10.1. The molecule has 2 atom stereocenters. The van der Waals surface area contributed by atoms with Gasteiger partial charge in [-0.25, -0.2) is 4.39 Å². The third-order valence-corrected chi connectivity index (χ3v) is 3.52. The van der Waals surface area contributed by atoms with Crippen molar-refractivity contribution < 1.29 is 14.3 Å². The first-order valence-corrected chi connectivity index (χ1v) is 6.78. The fourth-order valence-electron chi connectivity index (χ4n) is 2.76. The molecule has 0 aliphatic carbocycles. The fraction of sp³-hybridized carbons (Fsp3) is 0.533. The van der Waals surface area contributed by atoms with Crippen LogP contribution in [0.25, 0.3) is 0 Å². The molecular weight excluding hydrogens is 259 g/mol. The van der Waals surface area contributed by atoms with E-state index in [1.54, 1.807) is 17.9 Å². The van der Waals surface area contributed by atoms with E-state index in [1.165, 1.54) is 12.1 Å². The Balaban J connectivity index is 2.22. The number of aliphatic hydroxyl groups excluding tert-OH is 1. The molecule has 0 aromatic heterocycles. The molecule has 2 rings (SSSR count). The van der Waals surface area contributed by atoms with Gasteiger partial charge in [-0.05, 0) is 51.2 Å². The topological polar surface area (TPSA) is 43.8 Å². The lowest BCUT2D eigenvalue weighted by Gasteiger charge is -2.27. The number of rotatable bonds is 3. The number of amides is 1. The van der Waals surface area contributed by atoms with Crippen molar-refractivity contribution in [2.24, 2.45) is 0 Å². The van der Waals surface area contributed by atoms with Crippen molar-refractivity contribution in [3.63, 3.8) is 0 Å². The lowest BCUT2D eigenvalue weighted by molar-refractivity contribution is 0.0698. The fourth-order valence-corrected chi connectivity index (χ4v) is 2.76. The summed E-state index contributed by atoms with van der Waals surface area (Å²) < 4.78 is 13.4. The molecular formula is C15H21FN2O2. The lowest BCUT2D eigenvalue weighted by Crippen LogP contribution is -2.41. The van der Waals surface area contributed by atoms with Crippen LogP contribution < -0.4 is 0 Å². The van der Waals surface area contributed by atoms with Crippen LogP contribution in [0.15, 0.2) is 18.2 Å². The zero-order valence-corrected chi connectivity index (χ0v) is 12.1. The van der Waals surface area contributed by atoms with Gasteiger partial charge in [-0.1, -0.05) is 0 Å². The first kappa shape index (κ1) is 14.9. The van der Waals surface area contributed by atoms with E-state index in [0.29, 0.717) is 25.1 Å². The van der Waals surface area contributed by atoms with Crippen molar-refractivity contribution in [1.82, 2.24) is 9.80 Å². The molecule has 0 bridgehead atoms. The highest BCUT2D eigenvalue weighted by Gasteiger charge is 2.35. The largest absolute Gasteiger partial charge is 0.391 e. The summed E-state index contributed by atoms with van der Waals surface area (Å²) in [7, 11) is 3.86. The number of carbonyl (C=O) groups is 1. The highest BCUT2D eigenvalue weighted by molar-refractivity contribution is 5.94. The van der Waals surface area contributed by atoms with E-state index in [9.17, 15) is 14.3 Å². The number of likely N-dealkylation sites (tertiary alicyclic amines) is 1. The van der Waals surface area contributed by atoms with Crippen LogP contribution in [0.1, 0.15) is 22.3 Å². The number of β-amino-alcohol motifs (C(OH)–C–C–N with tert-alkyl or cyclic N) is 1. The summed E-state index contributed by atoms with van der Waals surface area (Å²) in [5, 5.41) is 9.80. The van der Waals surface area contributed by atoms with Gasteiger partial charge in [0.1, 0.15) is 5.82 Å². The Labute approximate surface area is 118 Å². The van der Waals surface area contributed by atoms with Gasteiger partial charge >= 0.3 is 0 Å². The maximum absolute atomic E-state index is 13.4. The Morgan fingerprint density at radius 1 is 1.45 bits per heavy atom. The van der Waals surface area contributed by atoms with Crippen LogP contribution in [0, 0.1) is 12.7 Å². The number of nitrogens with zero attached hydrogens (tertiary/aromatic N) is 2. The molecule has 0 radical (unpaired) electrons. The second-order valence-corrected chi connectivity index (χ2v) is 5.78. The van der Waals surface area contributed by atoms with E-state index in [-0.39, 0.29) is 11.9 Å². The summed E-state index contributed by atoms with van der Waals surface area (Å²) in [5.74, 6) is -0.617. The molecule has 1 N–H and O–H groups in total. The molecule has 20 heavy (non-hydrogen) atoms.